The Kier molecular flexibility index (Phi) is 7.39. The number of carbonyl (C=O) groups excluding carboxylic acids is 1. The fourth-order valence-electron chi connectivity index (χ4n) is 3.29. The average Bonchev–Trinajstić information content (AvgIpc) is 2.75. The molecule has 0 spiro atoms. The Hall–Kier alpha value is -3.79. The molecule has 1 amide bonds. The standard InChI is InChI=1S/C26H29FN4O2/c1-26(2,3)33-25(32)29-23(17-28)15-22-10-9-21(16-24(22)27)20-7-5-19(6-8-20)18-31-13-11-30(4)12-14-31/h5-14,16,23H,15,18H2,1-4H3,(H,29,32)/t23-/m0/s1. The van der Waals surface area contributed by atoms with Crippen molar-refractivity contribution < 1.29 is 13.9 Å². The molecule has 2 aromatic carbocycles. The third kappa shape index (κ3) is 7.11. The van der Waals surface area contributed by atoms with Crippen LogP contribution in [0.1, 0.15) is 31.9 Å². The van der Waals surface area contributed by atoms with Gasteiger partial charge >= 0.3 is 6.09 Å². The van der Waals surface area contributed by atoms with E-state index in [0.717, 1.165) is 23.2 Å². The number of halogens is 1. The third-order valence-electron chi connectivity index (χ3n) is 4.96. The van der Waals surface area contributed by atoms with E-state index in [-0.39, 0.29) is 6.42 Å². The van der Waals surface area contributed by atoms with Crippen LogP contribution in [0.2, 0.25) is 0 Å². The van der Waals surface area contributed by atoms with Gasteiger partial charge in [0.2, 0.25) is 0 Å². The monoisotopic (exact) mass is 448 g/mol. The van der Waals surface area contributed by atoms with Crippen molar-refractivity contribution in [1.29, 1.82) is 5.26 Å². The molecule has 2 aromatic rings. The van der Waals surface area contributed by atoms with Gasteiger partial charge in [0.25, 0.3) is 0 Å². The van der Waals surface area contributed by atoms with Crippen molar-refractivity contribution in [3.8, 4) is 17.2 Å². The van der Waals surface area contributed by atoms with Crippen LogP contribution < -0.4 is 5.32 Å². The summed E-state index contributed by atoms with van der Waals surface area (Å²) in [7, 11) is 1.97. The second-order valence-corrected chi connectivity index (χ2v) is 8.97. The molecular weight excluding hydrogens is 419 g/mol. The summed E-state index contributed by atoms with van der Waals surface area (Å²) in [5.74, 6) is -0.421. The molecule has 0 aliphatic carbocycles. The smallest absolute Gasteiger partial charge is 0.408 e. The van der Waals surface area contributed by atoms with E-state index in [0.29, 0.717) is 5.56 Å². The minimum Gasteiger partial charge on any atom is -0.444 e. The second kappa shape index (κ2) is 10.2. The van der Waals surface area contributed by atoms with Crippen molar-refractivity contribution in [3.05, 3.63) is 84.2 Å². The first-order chi connectivity index (χ1) is 15.6. The number of nitrogens with one attached hydrogen (secondary N) is 1. The van der Waals surface area contributed by atoms with Crippen LogP contribution in [-0.2, 0) is 17.7 Å². The van der Waals surface area contributed by atoms with Crippen LogP contribution in [0.3, 0.4) is 0 Å². The van der Waals surface area contributed by atoms with Crippen LogP contribution >= 0.6 is 0 Å². The molecule has 33 heavy (non-hydrogen) atoms. The Balaban J connectivity index is 1.64. The molecule has 6 nitrogen and oxygen atoms in total. The summed E-state index contributed by atoms with van der Waals surface area (Å²) in [6.07, 6.45) is 7.33. The van der Waals surface area contributed by atoms with Crippen molar-refractivity contribution in [2.45, 2.75) is 45.4 Å². The van der Waals surface area contributed by atoms with Gasteiger partial charge in [0.05, 0.1) is 6.07 Å². The van der Waals surface area contributed by atoms with Gasteiger partial charge in [-0.3, -0.25) is 0 Å². The first-order valence-electron chi connectivity index (χ1n) is 10.7. The van der Waals surface area contributed by atoms with Gasteiger partial charge in [0, 0.05) is 44.8 Å². The lowest BCUT2D eigenvalue weighted by atomic mass is 9.99. The zero-order valence-corrected chi connectivity index (χ0v) is 19.4. The topological polar surface area (TPSA) is 68.6 Å². The number of rotatable bonds is 6. The van der Waals surface area contributed by atoms with Gasteiger partial charge in [-0.2, -0.15) is 5.26 Å². The van der Waals surface area contributed by atoms with E-state index in [2.05, 4.69) is 10.2 Å². The number of hydrogen-bond donors (Lipinski definition) is 1. The Morgan fingerprint density at radius 1 is 1.09 bits per heavy atom. The SMILES string of the molecule is CN1C=CN(Cc2ccc(-c3ccc(C[C@@H](C#N)NC(=O)OC(C)(C)C)c(F)c3)cc2)C=C1. The van der Waals surface area contributed by atoms with Gasteiger partial charge in [0.1, 0.15) is 17.5 Å². The third-order valence-corrected chi connectivity index (χ3v) is 4.96. The molecule has 7 heteroatoms. The predicted molar refractivity (Wildman–Crippen MR) is 126 cm³/mol. The first-order valence-corrected chi connectivity index (χ1v) is 10.7. The van der Waals surface area contributed by atoms with E-state index >= 15 is 0 Å². The molecule has 1 heterocycles. The van der Waals surface area contributed by atoms with E-state index in [4.69, 9.17) is 4.74 Å². The van der Waals surface area contributed by atoms with Crippen LogP contribution in [0.4, 0.5) is 9.18 Å². The number of benzene rings is 2. The van der Waals surface area contributed by atoms with Crippen molar-refractivity contribution >= 4 is 6.09 Å². The normalized spacial score (nSPS) is 14.1. The molecule has 0 aromatic heterocycles. The Labute approximate surface area is 194 Å². The minimum atomic E-state index is -0.892. The van der Waals surface area contributed by atoms with E-state index in [1.165, 1.54) is 6.07 Å². The highest BCUT2D eigenvalue weighted by molar-refractivity contribution is 5.68. The predicted octanol–water partition coefficient (Wildman–Crippen LogP) is 5.14. The average molecular weight is 449 g/mol. The van der Waals surface area contributed by atoms with Crippen LogP contribution in [0.25, 0.3) is 11.1 Å². The highest BCUT2D eigenvalue weighted by Gasteiger charge is 2.20. The van der Waals surface area contributed by atoms with Gasteiger partial charge < -0.3 is 19.9 Å². The summed E-state index contributed by atoms with van der Waals surface area (Å²) < 4.78 is 20.0. The molecule has 3 rings (SSSR count). The fraction of sp³-hybridized carbons (Fsp3) is 0.308. The Bertz CT molecular complexity index is 1070. The summed E-state index contributed by atoms with van der Waals surface area (Å²) in [6.45, 7) is 5.95. The van der Waals surface area contributed by atoms with Crippen LogP contribution in [-0.4, -0.2) is 34.6 Å². The summed E-state index contributed by atoms with van der Waals surface area (Å²) in [6, 6.07) is 14.0. The molecule has 0 bridgehead atoms. The molecule has 0 fully saturated rings. The molecule has 0 unspecified atom stereocenters. The van der Waals surface area contributed by atoms with Crippen molar-refractivity contribution in [2.75, 3.05) is 7.05 Å². The maximum absolute atomic E-state index is 14.8. The number of nitrogens with zero attached hydrogens (tertiary/aromatic N) is 3. The Morgan fingerprint density at radius 3 is 2.30 bits per heavy atom. The van der Waals surface area contributed by atoms with E-state index in [1.807, 2.05) is 73.1 Å². The van der Waals surface area contributed by atoms with Gasteiger partial charge in [-0.05, 0) is 49.1 Å². The molecule has 172 valence electrons. The minimum absolute atomic E-state index is 0.0485. The van der Waals surface area contributed by atoms with E-state index in [1.54, 1.807) is 26.8 Å². The molecule has 0 saturated carbocycles. The van der Waals surface area contributed by atoms with Gasteiger partial charge in [-0.25, -0.2) is 9.18 Å². The number of hydrogen-bond acceptors (Lipinski definition) is 5. The first kappa shape index (κ1) is 23.9. The summed E-state index contributed by atoms with van der Waals surface area (Å²) in [4.78, 5) is 16.0. The Morgan fingerprint density at radius 2 is 1.73 bits per heavy atom. The number of amides is 1. The molecule has 0 radical (unpaired) electrons. The van der Waals surface area contributed by atoms with E-state index in [9.17, 15) is 14.4 Å². The number of alkyl carbamates (subject to hydrolysis) is 1. The lowest BCUT2D eigenvalue weighted by Crippen LogP contribution is -2.39. The van der Waals surface area contributed by atoms with Crippen molar-refractivity contribution in [3.63, 3.8) is 0 Å². The number of ether oxygens (including phenoxy) is 1. The molecule has 0 saturated heterocycles. The molecule has 1 aliphatic rings. The summed E-state index contributed by atoms with van der Waals surface area (Å²) in [5, 5.41) is 11.8. The lowest BCUT2D eigenvalue weighted by molar-refractivity contribution is 0.0515. The number of nitriles is 1. The zero-order valence-electron chi connectivity index (χ0n) is 19.4. The largest absolute Gasteiger partial charge is 0.444 e. The van der Waals surface area contributed by atoms with Crippen LogP contribution in [0.5, 0.6) is 0 Å². The summed E-state index contributed by atoms with van der Waals surface area (Å²) >= 11 is 0. The molecular formula is C26H29FN4O2. The molecule has 1 atom stereocenters. The maximum Gasteiger partial charge on any atom is 0.408 e. The fourth-order valence-corrected chi connectivity index (χ4v) is 3.29. The highest BCUT2D eigenvalue weighted by atomic mass is 19.1. The quantitative estimate of drug-likeness (QED) is 0.663. The van der Waals surface area contributed by atoms with Crippen molar-refractivity contribution in [2.24, 2.45) is 0 Å². The van der Waals surface area contributed by atoms with Gasteiger partial charge in [-0.1, -0.05) is 36.4 Å². The number of carbonyl (C=O) groups is 1. The van der Waals surface area contributed by atoms with E-state index < -0.39 is 23.6 Å². The highest BCUT2D eigenvalue weighted by Crippen LogP contribution is 2.24. The maximum atomic E-state index is 14.8. The lowest BCUT2D eigenvalue weighted by Gasteiger charge is -2.22. The molecule has 1 N–H and O–H groups in total. The van der Waals surface area contributed by atoms with Gasteiger partial charge in [0.15, 0.2) is 0 Å². The molecule has 1 aliphatic heterocycles. The van der Waals surface area contributed by atoms with Crippen LogP contribution in [0.15, 0.2) is 67.3 Å². The van der Waals surface area contributed by atoms with Gasteiger partial charge in [-0.15, -0.1) is 0 Å². The summed E-state index contributed by atoms with van der Waals surface area (Å²) in [5.41, 5.74) is 2.46. The second-order valence-electron chi connectivity index (χ2n) is 8.97. The van der Waals surface area contributed by atoms with Crippen molar-refractivity contribution in [1.82, 2.24) is 15.1 Å². The zero-order chi connectivity index (χ0) is 24.0. The van der Waals surface area contributed by atoms with Crippen LogP contribution in [0, 0.1) is 17.1 Å².